The number of hydrogen-bond acceptors (Lipinski definition) is 3. The maximum absolute atomic E-state index is 15.1. The van der Waals surface area contributed by atoms with Crippen LogP contribution in [-0.4, -0.2) is 28.4 Å². The van der Waals surface area contributed by atoms with E-state index in [1.165, 1.54) is 12.1 Å². The zero-order chi connectivity index (χ0) is 19.3. The standard InChI is InChI=1S/C21H16ClF2N3O/c22-21-17(12-5-7-28-8-6-12)16(11-1-3-14(23)4-2-11)15-9-13-10-25-27-19(13)18(24)20(15)26-21/h1-4,9-10,12H,5-8H2,(H,25,27). The van der Waals surface area contributed by atoms with Crippen LogP contribution in [0.3, 0.4) is 0 Å². The summed E-state index contributed by atoms with van der Waals surface area (Å²) >= 11 is 6.60. The Kier molecular flexibility index (Phi) is 4.25. The van der Waals surface area contributed by atoms with Gasteiger partial charge in [0, 0.05) is 29.5 Å². The van der Waals surface area contributed by atoms with Crippen molar-refractivity contribution in [3.8, 4) is 11.1 Å². The molecule has 0 atom stereocenters. The van der Waals surface area contributed by atoms with E-state index in [-0.39, 0.29) is 22.4 Å². The molecule has 1 aliphatic rings. The molecule has 0 amide bonds. The van der Waals surface area contributed by atoms with Crippen molar-refractivity contribution in [1.82, 2.24) is 15.2 Å². The number of halogens is 3. The molecule has 28 heavy (non-hydrogen) atoms. The SMILES string of the molecule is Fc1ccc(-c2c(C3CCOCC3)c(Cl)nc3c(F)c4[nH]ncc4cc23)cc1. The van der Waals surface area contributed by atoms with Gasteiger partial charge in [-0.25, -0.2) is 13.8 Å². The number of nitrogens with zero attached hydrogens (tertiary/aromatic N) is 2. The lowest BCUT2D eigenvalue weighted by Gasteiger charge is -2.26. The molecule has 1 fully saturated rings. The summed E-state index contributed by atoms with van der Waals surface area (Å²) in [6.07, 6.45) is 3.18. The molecular weight excluding hydrogens is 384 g/mol. The van der Waals surface area contributed by atoms with Gasteiger partial charge in [0.25, 0.3) is 0 Å². The number of rotatable bonds is 2. The van der Waals surface area contributed by atoms with E-state index in [1.54, 1.807) is 18.3 Å². The second-order valence-corrected chi connectivity index (χ2v) is 7.36. The van der Waals surface area contributed by atoms with Crippen molar-refractivity contribution in [3.63, 3.8) is 0 Å². The number of aromatic amines is 1. The zero-order valence-electron chi connectivity index (χ0n) is 14.8. The van der Waals surface area contributed by atoms with Crippen LogP contribution in [0.25, 0.3) is 32.9 Å². The van der Waals surface area contributed by atoms with Gasteiger partial charge in [-0.3, -0.25) is 5.10 Å². The van der Waals surface area contributed by atoms with E-state index in [4.69, 9.17) is 16.3 Å². The molecule has 1 saturated heterocycles. The molecule has 0 spiro atoms. The van der Waals surface area contributed by atoms with Crippen molar-refractivity contribution in [2.75, 3.05) is 13.2 Å². The molecule has 0 unspecified atom stereocenters. The van der Waals surface area contributed by atoms with Crippen LogP contribution in [0.1, 0.15) is 24.3 Å². The smallest absolute Gasteiger partial charge is 0.175 e. The topological polar surface area (TPSA) is 50.8 Å². The number of benzene rings is 2. The van der Waals surface area contributed by atoms with Crippen LogP contribution >= 0.6 is 11.6 Å². The number of hydrogen-bond donors (Lipinski definition) is 1. The quantitative estimate of drug-likeness (QED) is 0.446. The van der Waals surface area contributed by atoms with Gasteiger partial charge in [-0.05, 0) is 48.1 Å². The van der Waals surface area contributed by atoms with Crippen LogP contribution < -0.4 is 0 Å². The first-order valence-electron chi connectivity index (χ1n) is 9.12. The lowest BCUT2D eigenvalue weighted by Crippen LogP contribution is -2.16. The Balaban J connectivity index is 1.89. The third kappa shape index (κ3) is 2.75. The highest BCUT2D eigenvalue weighted by Crippen LogP contribution is 2.43. The maximum atomic E-state index is 15.1. The van der Waals surface area contributed by atoms with Gasteiger partial charge in [-0.2, -0.15) is 5.10 Å². The molecule has 142 valence electrons. The van der Waals surface area contributed by atoms with Gasteiger partial charge in [0.1, 0.15) is 22.0 Å². The van der Waals surface area contributed by atoms with Crippen LogP contribution in [0.15, 0.2) is 36.5 Å². The van der Waals surface area contributed by atoms with Crippen LogP contribution in [0.5, 0.6) is 0 Å². The van der Waals surface area contributed by atoms with Crippen molar-refractivity contribution in [2.24, 2.45) is 0 Å². The van der Waals surface area contributed by atoms with Crippen molar-refractivity contribution >= 4 is 33.4 Å². The molecule has 3 heterocycles. The highest BCUT2D eigenvalue weighted by atomic mass is 35.5. The first-order valence-corrected chi connectivity index (χ1v) is 9.49. The van der Waals surface area contributed by atoms with Gasteiger partial charge in [0.15, 0.2) is 5.82 Å². The summed E-state index contributed by atoms with van der Waals surface area (Å²) < 4.78 is 34.2. The van der Waals surface area contributed by atoms with Gasteiger partial charge < -0.3 is 4.74 Å². The largest absolute Gasteiger partial charge is 0.381 e. The molecule has 0 bridgehead atoms. The summed E-state index contributed by atoms with van der Waals surface area (Å²) in [6.45, 7) is 1.27. The fourth-order valence-electron chi connectivity index (χ4n) is 4.03. The van der Waals surface area contributed by atoms with Crippen molar-refractivity contribution < 1.29 is 13.5 Å². The van der Waals surface area contributed by atoms with E-state index in [2.05, 4.69) is 15.2 Å². The number of H-pyrrole nitrogens is 1. The molecule has 7 heteroatoms. The van der Waals surface area contributed by atoms with Gasteiger partial charge in [0.05, 0.1) is 6.20 Å². The maximum Gasteiger partial charge on any atom is 0.175 e. The van der Waals surface area contributed by atoms with Crippen LogP contribution in [-0.2, 0) is 4.74 Å². The summed E-state index contributed by atoms with van der Waals surface area (Å²) in [4.78, 5) is 4.41. The Bertz CT molecular complexity index is 1180. The Labute approximate surface area is 164 Å². The summed E-state index contributed by atoms with van der Waals surface area (Å²) in [5.41, 5.74) is 2.91. The lowest BCUT2D eigenvalue weighted by atomic mass is 9.85. The molecule has 2 aromatic heterocycles. The summed E-state index contributed by atoms with van der Waals surface area (Å²) in [5.74, 6) is -0.681. The third-order valence-corrected chi connectivity index (χ3v) is 5.67. The zero-order valence-corrected chi connectivity index (χ0v) is 15.6. The summed E-state index contributed by atoms with van der Waals surface area (Å²) in [7, 11) is 0. The first-order chi connectivity index (χ1) is 13.6. The molecule has 0 saturated carbocycles. The highest BCUT2D eigenvalue weighted by Gasteiger charge is 2.27. The van der Waals surface area contributed by atoms with E-state index in [9.17, 15) is 4.39 Å². The van der Waals surface area contributed by atoms with E-state index < -0.39 is 5.82 Å². The molecule has 4 nitrogen and oxygen atoms in total. The second kappa shape index (κ2) is 6.79. The second-order valence-electron chi connectivity index (χ2n) is 7.01. The molecule has 1 N–H and O–H groups in total. The Hall–Kier alpha value is -2.57. The Morgan fingerprint density at radius 2 is 1.86 bits per heavy atom. The van der Waals surface area contributed by atoms with Crippen LogP contribution in [0.2, 0.25) is 5.15 Å². The van der Waals surface area contributed by atoms with Crippen molar-refractivity contribution in [1.29, 1.82) is 0 Å². The number of ether oxygens (including phenoxy) is 1. The Morgan fingerprint density at radius 3 is 2.61 bits per heavy atom. The number of aromatic nitrogens is 3. The molecule has 5 rings (SSSR count). The van der Waals surface area contributed by atoms with Gasteiger partial charge >= 0.3 is 0 Å². The lowest BCUT2D eigenvalue weighted by molar-refractivity contribution is 0.0854. The van der Waals surface area contributed by atoms with Crippen molar-refractivity contribution in [3.05, 3.63) is 58.9 Å². The number of nitrogens with one attached hydrogen (secondary N) is 1. The summed E-state index contributed by atoms with van der Waals surface area (Å²) in [5, 5.41) is 8.18. The van der Waals surface area contributed by atoms with E-state index in [0.29, 0.717) is 29.5 Å². The number of pyridine rings is 1. The van der Waals surface area contributed by atoms with E-state index in [1.807, 2.05) is 6.07 Å². The van der Waals surface area contributed by atoms with Gasteiger partial charge in [-0.15, -0.1) is 0 Å². The molecule has 1 aliphatic heterocycles. The summed E-state index contributed by atoms with van der Waals surface area (Å²) in [6, 6.07) is 8.05. The molecule has 0 radical (unpaired) electrons. The Morgan fingerprint density at radius 1 is 1.11 bits per heavy atom. The van der Waals surface area contributed by atoms with Crippen molar-refractivity contribution in [2.45, 2.75) is 18.8 Å². The fraction of sp³-hybridized carbons (Fsp3) is 0.238. The predicted molar refractivity (Wildman–Crippen MR) is 105 cm³/mol. The average molecular weight is 400 g/mol. The molecule has 0 aliphatic carbocycles. The van der Waals surface area contributed by atoms with Crippen LogP contribution in [0.4, 0.5) is 8.78 Å². The molecular formula is C21H16ClF2N3O. The highest BCUT2D eigenvalue weighted by molar-refractivity contribution is 6.31. The van der Waals surface area contributed by atoms with E-state index >= 15 is 4.39 Å². The first kappa shape index (κ1) is 17.5. The fourth-order valence-corrected chi connectivity index (χ4v) is 4.37. The monoisotopic (exact) mass is 399 g/mol. The third-order valence-electron chi connectivity index (χ3n) is 5.38. The minimum absolute atomic E-state index is 0.140. The van der Waals surface area contributed by atoms with Gasteiger partial charge in [0.2, 0.25) is 0 Å². The predicted octanol–water partition coefficient (Wildman–Crippen LogP) is 5.60. The minimum atomic E-state index is -0.492. The van der Waals surface area contributed by atoms with Gasteiger partial charge in [-0.1, -0.05) is 23.7 Å². The molecule has 4 aromatic rings. The van der Waals surface area contributed by atoms with Crippen LogP contribution in [0, 0.1) is 11.6 Å². The normalized spacial score (nSPS) is 15.5. The number of fused-ring (bicyclic) bond motifs is 2. The minimum Gasteiger partial charge on any atom is -0.381 e. The molecule has 2 aromatic carbocycles. The van der Waals surface area contributed by atoms with E-state index in [0.717, 1.165) is 29.5 Å². The average Bonchev–Trinajstić information content (AvgIpc) is 3.18.